The number of hydrogen-bond acceptors (Lipinski definition) is 5. The summed E-state index contributed by atoms with van der Waals surface area (Å²) in [5, 5.41) is 10.1. The van der Waals surface area contributed by atoms with Gasteiger partial charge >= 0.3 is 0 Å². The zero-order valence-corrected chi connectivity index (χ0v) is 16.0. The van der Waals surface area contributed by atoms with Gasteiger partial charge in [0.1, 0.15) is 5.82 Å². The van der Waals surface area contributed by atoms with Gasteiger partial charge in [0.25, 0.3) is 5.91 Å². The maximum Gasteiger partial charge on any atom is 0.254 e. The molecular weight excluding hydrogens is 359 g/mol. The molecule has 7 heteroatoms. The number of rotatable bonds is 7. The van der Waals surface area contributed by atoms with E-state index in [-0.39, 0.29) is 5.56 Å². The molecule has 1 aromatic carbocycles. The Morgan fingerprint density at radius 1 is 1.29 bits per heavy atom. The van der Waals surface area contributed by atoms with E-state index in [1.807, 2.05) is 0 Å². The van der Waals surface area contributed by atoms with Crippen LogP contribution >= 0.6 is 0 Å². The van der Waals surface area contributed by atoms with Gasteiger partial charge in [0.2, 0.25) is 5.89 Å². The van der Waals surface area contributed by atoms with E-state index in [0.717, 1.165) is 44.3 Å². The first-order chi connectivity index (χ1) is 13.7. The first-order valence-corrected chi connectivity index (χ1v) is 10.3. The molecule has 0 bridgehead atoms. The van der Waals surface area contributed by atoms with Gasteiger partial charge in [-0.2, -0.15) is 4.98 Å². The van der Waals surface area contributed by atoms with Gasteiger partial charge in [-0.1, -0.05) is 24.1 Å². The second kappa shape index (κ2) is 8.82. The molecule has 6 nitrogen and oxygen atoms in total. The second-order valence-electron chi connectivity index (χ2n) is 7.91. The Morgan fingerprint density at radius 3 is 2.93 bits per heavy atom. The van der Waals surface area contributed by atoms with Gasteiger partial charge in [-0.05, 0) is 62.4 Å². The molecule has 2 N–H and O–H groups in total. The van der Waals surface area contributed by atoms with Crippen LogP contribution < -0.4 is 10.6 Å². The SMILES string of the molecule is O=C(NCCc1noc(C2CCCC2)n1)c1cc(CC2CCNC2)ccc1F. The van der Waals surface area contributed by atoms with Crippen molar-refractivity contribution in [1.82, 2.24) is 20.8 Å². The standard InChI is InChI=1S/C21H27FN4O2/c22-18-6-5-14(11-15-7-9-23-13-15)12-17(18)20(27)24-10-8-19-25-21(28-26-19)16-3-1-2-4-16/h5-6,12,15-16,23H,1-4,7-11,13H2,(H,24,27). The molecule has 1 unspecified atom stereocenters. The van der Waals surface area contributed by atoms with Gasteiger partial charge in [-0.3, -0.25) is 4.79 Å². The summed E-state index contributed by atoms with van der Waals surface area (Å²) in [5.74, 6) is 1.33. The van der Waals surface area contributed by atoms with Gasteiger partial charge in [0.15, 0.2) is 5.82 Å². The normalized spacial score (nSPS) is 20.0. The summed E-state index contributed by atoms with van der Waals surface area (Å²) in [6.45, 7) is 2.35. The highest BCUT2D eigenvalue weighted by Gasteiger charge is 2.23. The van der Waals surface area contributed by atoms with Gasteiger partial charge in [-0.25, -0.2) is 4.39 Å². The van der Waals surface area contributed by atoms with Gasteiger partial charge < -0.3 is 15.2 Å². The maximum atomic E-state index is 14.1. The van der Waals surface area contributed by atoms with Crippen molar-refractivity contribution in [3.05, 3.63) is 46.9 Å². The predicted octanol–water partition coefficient (Wildman–Crippen LogP) is 2.99. The van der Waals surface area contributed by atoms with Crippen LogP contribution in [-0.4, -0.2) is 35.7 Å². The summed E-state index contributed by atoms with van der Waals surface area (Å²) < 4.78 is 19.5. The third-order valence-corrected chi connectivity index (χ3v) is 5.78. The van der Waals surface area contributed by atoms with Gasteiger partial charge in [-0.15, -0.1) is 0 Å². The van der Waals surface area contributed by atoms with Crippen LogP contribution in [0.3, 0.4) is 0 Å². The Labute approximate surface area is 164 Å². The molecule has 150 valence electrons. The van der Waals surface area contributed by atoms with Crippen LogP contribution in [0.5, 0.6) is 0 Å². The fraction of sp³-hybridized carbons (Fsp3) is 0.571. The maximum absolute atomic E-state index is 14.1. The second-order valence-corrected chi connectivity index (χ2v) is 7.91. The Balaban J connectivity index is 1.30. The van der Waals surface area contributed by atoms with E-state index in [2.05, 4.69) is 20.8 Å². The van der Waals surface area contributed by atoms with E-state index in [1.54, 1.807) is 12.1 Å². The molecule has 1 saturated carbocycles. The van der Waals surface area contributed by atoms with Crippen LogP contribution in [0.4, 0.5) is 4.39 Å². The molecule has 1 aromatic heterocycles. The van der Waals surface area contributed by atoms with Crippen molar-refractivity contribution in [3.8, 4) is 0 Å². The molecule has 2 aromatic rings. The van der Waals surface area contributed by atoms with Crippen LogP contribution in [-0.2, 0) is 12.8 Å². The number of amides is 1. The topological polar surface area (TPSA) is 80.1 Å². The summed E-state index contributed by atoms with van der Waals surface area (Å²) in [6.07, 6.45) is 7.07. The summed E-state index contributed by atoms with van der Waals surface area (Å²) in [6, 6.07) is 4.84. The zero-order chi connectivity index (χ0) is 19.3. The van der Waals surface area contributed by atoms with Crippen LogP contribution in [0, 0.1) is 11.7 Å². The van der Waals surface area contributed by atoms with Gasteiger partial charge in [0, 0.05) is 18.9 Å². The lowest BCUT2D eigenvalue weighted by atomic mass is 9.97. The van der Waals surface area contributed by atoms with E-state index in [9.17, 15) is 9.18 Å². The molecule has 0 radical (unpaired) electrons. The lowest BCUT2D eigenvalue weighted by Gasteiger charge is -2.11. The largest absolute Gasteiger partial charge is 0.351 e. The number of nitrogens with zero attached hydrogens (tertiary/aromatic N) is 2. The van der Waals surface area contributed by atoms with Crippen molar-refractivity contribution >= 4 is 5.91 Å². The van der Waals surface area contributed by atoms with Crippen molar-refractivity contribution < 1.29 is 13.7 Å². The van der Waals surface area contributed by atoms with Crippen LogP contribution in [0.15, 0.2) is 22.7 Å². The minimum atomic E-state index is -0.492. The number of carbonyl (C=O) groups is 1. The Bertz CT molecular complexity index is 810. The van der Waals surface area contributed by atoms with Crippen molar-refractivity contribution in [2.24, 2.45) is 5.92 Å². The van der Waals surface area contributed by atoms with Crippen molar-refractivity contribution in [2.45, 2.75) is 50.9 Å². The summed E-state index contributed by atoms with van der Waals surface area (Å²) in [7, 11) is 0. The van der Waals surface area contributed by atoms with Crippen molar-refractivity contribution in [1.29, 1.82) is 0 Å². The minimum Gasteiger partial charge on any atom is -0.351 e. The van der Waals surface area contributed by atoms with Crippen molar-refractivity contribution in [2.75, 3.05) is 19.6 Å². The number of halogens is 1. The summed E-state index contributed by atoms with van der Waals surface area (Å²) >= 11 is 0. The monoisotopic (exact) mass is 386 g/mol. The number of aromatic nitrogens is 2. The number of nitrogens with one attached hydrogen (secondary N) is 2. The van der Waals surface area contributed by atoms with Crippen molar-refractivity contribution in [3.63, 3.8) is 0 Å². The molecule has 28 heavy (non-hydrogen) atoms. The molecule has 2 fully saturated rings. The molecule has 1 saturated heterocycles. The molecule has 2 aliphatic rings. The molecule has 1 atom stereocenters. The average Bonchev–Trinajstić information content (AvgIpc) is 3.45. The van der Waals surface area contributed by atoms with Gasteiger partial charge in [0.05, 0.1) is 5.56 Å². The molecule has 2 heterocycles. The molecule has 1 aliphatic heterocycles. The third kappa shape index (κ3) is 4.58. The molecule has 1 amide bonds. The molecule has 4 rings (SSSR count). The summed E-state index contributed by atoms with van der Waals surface area (Å²) in [5.41, 5.74) is 1.10. The van der Waals surface area contributed by atoms with E-state index in [1.165, 1.54) is 18.9 Å². The Kier molecular flexibility index (Phi) is 6.00. The Hall–Kier alpha value is -2.28. The van der Waals surface area contributed by atoms with E-state index in [0.29, 0.717) is 36.5 Å². The lowest BCUT2D eigenvalue weighted by molar-refractivity contribution is 0.0949. The van der Waals surface area contributed by atoms with Crippen LogP contribution in [0.1, 0.15) is 65.7 Å². The molecule has 0 spiro atoms. The van der Waals surface area contributed by atoms with Crippen LogP contribution in [0.2, 0.25) is 0 Å². The fourth-order valence-electron chi connectivity index (χ4n) is 4.19. The van der Waals surface area contributed by atoms with E-state index >= 15 is 0 Å². The van der Waals surface area contributed by atoms with E-state index < -0.39 is 11.7 Å². The Morgan fingerprint density at radius 2 is 2.14 bits per heavy atom. The highest BCUT2D eigenvalue weighted by molar-refractivity contribution is 5.94. The predicted molar refractivity (Wildman–Crippen MR) is 103 cm³/mol. The quantitative estimate of drug-likeness (QED) is 0.765. The number of carbonyl (C=O) groups excluding carboxylic acids is 1. The van der Waals surface area contributed by atoms with Crippen LogP contribution in [0.25, 0.3) is 0 Å². The van der Waals surface area contributed by atoms with E-state index in [4.69, 9.17) is 4.52 Å². The highest BCUT2D eigenvalue weighted by Crippen LogP contribution is 2.32. The molecule has 1 aliphatic carbocycles. The summed E-state index contributed by atoms with van der Waals surface area (Å²) in [4.78, 5) is 16.9. The first kappa shape index (κ1) is 19.1. The minimum absolute atomic E-state index is 0.100. The number of hydrogen-bond donors (Lipinski definition) is 2. The zero-order valence-electron chi connectivity index (χ0n) is 16.0. The highest BCUT2D eigenvalue weighted by atomic mass is 19.1. The smallest absolute Gasteiger partial charge is 0.254 e. The lowest BCUT2D eigenvalue weighted by Crippen LogP contribution is -2.27. The first-order valence-electron chi connectivity index (χ1n) is 10.3. The average molecular weight is 386 g/mol. The third-order valence-electron chi connectivity index (χ3n) is 5.78. The molecular formula is C21H27FN4O2. The fourth-order valence-corrected chi connectivity index (χ4v) is 4.19. The number of benzene rings is 1.